The second kappa shape index (κ2) is 5.25. The number of imidazole rings is 1. The average Bonchev–Trinajstić information content (AvgIpc) is 2.39. The molecule has 0 saturated carbocycles. The first-order valence-corrected chi connectivity index (χ1v) is 3.16. The molecule has 0 bridgehead atoms. The maximum atomic E-state index is 10.3. The van der Waals surface area contributed by atoms with Crippen molar-refractivity contribution in [3.8, 4) is 0 Å². The monoisotopic (exact) mass is 363 g/mol. The Bertz CT molecular complexity index is 237. The first-order valence-electron chi connectivity index (χ1n) is 3.16. The number of rotatable bonds is 3. The van der Waals surface area contributed by atoms with Crippen LogP contribution in [-0.2, 0) is 11.2 Å². The Morgan fingerprint density at radius 2 is 2.50 bits per heavy atom. The van der Waals surface area contributed by atoms with Crippen molar-refractivity contribution < 1.29 is 9.90 Å². The Hall–Kier alpha value is -0.438. The molecule has 1 heterocycles. The summed E-state index contributed by atoms with van der Waals surface area (Å²) in [4.78, 5) is 16.8. The van der Waals surface area contributed by atoms with E-state index in [0.717, 1.165) is 5.69 Å². The minimum atomic E-state index is -1.00. The van der Waals surface area contributed by atoms with Crippen LogP contribution in [0.25, 0.3) is 0 Å². The molecule has 4 radical (unpaired) electrons. The number of hydrogen-bond acceptors (Lipinski definition) is 3. The number of carbonyl (C=O) groups is 1. The van der Waals surface area contributed by atoms with Crippen molar-refractivity contribution in [2.45, 2.75) is 12.5 Å². The van der Waals surface area contributed by atoms with Crippen LogP contribution in [0.4, 0.5) is 0 Å². The van der Waals surface area contributed by atoms with Crippen LogP contribution in [0.3, 0.4) is 0 Å². The first-order chi connectivity index (χ1) is 5.20. The molecule has 1 aromatic rings. The molecule has 0 amide bonds. The van der Waals surface area contributed by atoms with Gasteiger partial charge in [0.05, 0.1) is 6.33 Å². The average molecular weight is 362 g/mol. The van der Waals surface area contributed by atoms with Gasteiger partial charge in [0.1, 0.15) is 6.04 Å². The van der Waals surface area contributed by atoms with Gasteiger partial charge < -0.3 is 15.8 Å². The number of aliphatic carboxylic acids is 1. The van der Waals surface area contributed by atoms with Gasteiger partial charge in [0.15, 0.2) is 0 Å². The van der Waals surface area contributed by atoms with Crippen LogP contribution in [0.15, 0.2) is 12.5 Å². The number of aromatic amines is 1. The second-order valence-corrected chi connectivity index (χ2v) is 2.23. The predicted molar refractivity (Wildman–Crippen MR) is 43.7 cm³/mol. The number of hydrogen-bond donors (Lipinski definition) is 3. The third kappa shape index (κ3) is 3.31. The van der Waals surface area contributed by atoms with Gasteiger partial charge in [-0.25, -0.2) is 4.98 Å². The molecule has 1 rings (SSSR count). The van der Waals surface area contributed by atoms with Crippen LogP contribution in [-0.4, -0.2) is 54.4 Å². The molecule has 0 aliphatic heterocycles. The van der Waals surface area contributed by atoms with E-state index in [2.05, 4.69) is 9.97 Å². The van der Waals surface area contributed by atoms with Gasteiger partial charge in [0.2, 0.25) is 0 Å². The van der Waals surface area contributed by atoms with Gasteiger partial charge in [-0.15, -0.1) is 0 Å². The summed E-state index contributed by atoms with van der Waals surface area (Å²) in [6, 6.07) is -0.851. The summed E-state index contributed by atoms with van der Waals surface area (Å²) in [5, 5.41) is 8.42. The van der Waals surface area contributed by atoms with Crippen LogP contribution in [0.1, 0.15) is 5.69 Å². The zero-order chi connectivity index (χ0) is 8.27. The minimum absolute atomic E-state index is 0. The smallest absolute Gasteiger partial charge is 0.320 e. The molecule has 0 fully saturated rings. The van der Waals surface area contributed by atoms with Gasteiger partial charge in [-0.3, -0.25) is 4.79 Å². The third-order valence-corrected chi connectivity index (χ3v) is 1.31. The molecule has 1 unspecified atom stereocenters. The number of nitrogens with zero attached hydrogens (tertiary/aromatic N) is 1. The number of nitrogens with one attached hydrogen (secondary N) is 1. The van der Waals surface area contributed by atoms with Crippen LogP contribution in [0.2, 0.25) is 0 Å². The van der Waals surface area contributed by atoms with Crippen molar-refractivity contribution in [1.29, 1.82) is 0 Å². The quantitative estimate of drug-likeness (QED) is 0.601. The van der Waals surface area contributed by atoms with Gasteiger partial charge in [-0.1, -0.05) is 0 Å². The summed E-state index contributed by atoms with van der Waals surface area (Å²) in [6.45, 7) is 0. The standard InChI is InChI=1S/C6H9N3O2.Pb/c7-5(6(10)11)1-4-2-8-3-9-4;/h2-3,5H,1,7H2,(H,8,9)(H,10,11);. The van der Waals surface area contributed by atoms with E-state index in [1.165, 1.54) is 6.33 Å². The Kier molecular flexibility index (Phi) is 5.06. The number of nitrogens with two attached hydrogens (primary N) is 1. The van der Waals surface area contributed by atoms with E-state index in [0.29, 0.717) is 0 Å². The van der Waals surface area contributed by atoms with Crippen LogP contribution in [0, 0.1) is 0 Å². The molecule has 64 valence electrons. The molecule has 4 N–H and O–H groups in total. The third-order valence-electron chi connectivity index (χ3n) is 1.31. The van der Waals surface area contributed by atoms with E-state index >= 15 is 0 Å². The molecule has 0 spiro atoms. The molecule has 1 aromatic heterocycles. The van der Waals surface area contributed by atoms with Crippen molar-refractivity contribution in [1.82, 2.24) is 9.97 Å². The molecular formula is C6H9N3O2Pb. The predicted octanol–water partition coefficient (Wildman–Crippen LogP) is -1.02. The van der Waals surface area contributed by atoms with Crippen molar-refractivity contribution in [3.63, 3.8) is 0 Å². The fourth-order valence-corrected chi connectivity index (χ4v) is 0.721. The van der Waals surface area contributed by atoms with Crippen molar-refractivity contribution in [3.05, 3.63) is 18.2 Å². The summed E-state index contributed by atoms with van der Waals surface area (Å²) < 4.78 is 0. The van der Waals surface area contributed by atoms with Crippen molar-refractivity contribution >= 4 is 33.3 Å². The van der Waals surface area contributed by atoms with E-state index < -0.39 is 12.0 Å². The molecule has 1 atom stereocenters. The van der Waals surface area contributed by atoms with Crippen LogP contribution < -0.4 is 5.73 Å². The maximum absolute atomic E-state index is 10.3. The fourth-order valence-electron chi connectivity index (χ4n) is 0.721. The SMILES string of the molecule is NC(Cc1cnc[nH]1)C(=O)O.[Pb]. The Morgan fingerprint density at radius 3 is 2.92 bits per heavy atom. The number of carboxylic acids is 1. The van der Waals surface area contributed by atoms with Gasteiger partial charge in [-0.05, 0) is 0 Å². The van der Waals surface area contributed by atoms with Crippen molar-refractivity contribution in [2.75, 3.05) is 0 Å². The zero-order valence-electron chi connectivity index (χ0n) is 6.32. The van der Waals surface area contributed by atoms with Gasteiger partial charge >= 0.3 is 5.97 Å². The summed E-state index contributed by atoms with van der Waals surface area (Å²) in [5.41, 5.74) is 6.00. The van der Waals surface area contributed by atoms with Gasteiger partial charge in [-0.2, -0.15) is 0 Å². The van der Waals surface area contributed by atoms with E-state index in [1.54, 1.807) is 6.20 Å². The summed E-state index contributed by atoms with van der Waals surface area (Å²) >= 11 is 0. The maximum Gasteiger partial charge on any atom is 0.320 e. The molecule has 6 heteroatoms. The minimum Gasteiger partial charge on any atom is -0.480 e. The van der Waals surface area contributed by atoms with E-state index in [1.807, 2.05) is 0 Å². The van der Waals surface area contributed by atoms with Crippen LogP contribution >= 0.6 is 0 Å². The van der Waals surface area contributed by atoms with E-state index in [-0.39, 0.29) is 33.7 Å². The molecule has 0 aliphatic rings. The Morgan fingerprint density at radius 1 is 1.83 bits per heavy atom. The summed E-state index contributed by atoms with van der Waals surface area (Å²) in [5.74, 6) is -1.00. The Balaban J connectivity index is 0.00000121. The number of aromatic nitrogens is 2. The van der Waals surface area contributed by atoms with E-state index in [9.17, 15) is 4.79 Å². The van der Waals surface area contributed by atoms with Gasteiger partial charge in [0, 0.05) is 45.6 Å². The topological polar surface area (TPSA) is 92.0 Å². The largest absolute Gasteiger partial charge is 0.480 e. The summed E-state index contributed by atoms with van der Waals surface area (Å²) in [6.07, 6.45) is 3.34. The van der Waals surface area contributed by atoms with E-state index in [4.69, 9.17) is 10.8 Å². The number of H-pyrrole nitrogens is 1. The normalized spacial score (nSPS) is 11.8. The molecule has 0 aromatic carbocycles. The van der Waals surface area contributed by atoms with Crippen molar-refractivity contribution in [2.24, 2.45) is 5.73 Å². The zero-order valence-corrected chi connectivity index (χ0v) is 10.2. The summed E-state index contributed by atoms with van der Waals surface area (Å²) in [7, 11) is 0. The fraction of sp³-hybridized carbons (Fsp3) is 0.333. The van der Waals surface area contributed by atoms with Crippen LogP contribution in [0.5, 0.6) is 0 Å². The molecule has 5 nitrogen and oxygen atoms in total. The molecule has 0 aliphatic carbocycles. The first kappa shape index (κ1) is 11.6. The van der Waals surface area contributed by atoms with Gasteiger partial charge in [0.25, 0.3) is 0 Å². The Labute approximate surface area is 89.5 Å². The number of carboxylic acid groups (broad SMARTS) is 1. The molecular weight excluding hydrogens is 353 g/mol. The molecule has 0 saturated heterocycles. The second-order valence-electron chi connectivity index (χ2n) is 2.23. The molecule has 12 heavy (non-hydrogen) atoms.